The number of aryl methyl sites for hydroxylation is 1. The summed E-state index contributed by atoms with van der Waals surface area (Å²) in [5, 5.41) is 0. The minimum atomic E-state index is -3.60. The molecule has 2 atom stereocenters. The van der Waals surface area contributed by atoms with Crippen LogP contribution in [0.25, 0.3) is 0 Å². The number of hydrogen-bond acceptors (Lipinski definition) is 2. The normalized spacial score (nSPS) is 21.1. The summed E-state index contributed by atoms with van der Waals surface area (Å²) >= 11 is 0. The second-order valence-corrected chi connectivity index (χ2v) is 11.4. The van der Waals surface area contributed by atoms with Crippen molar-refractivity contribution in [2.24, 2.45) is 5.92 Å². The van der Waals surface area contributed by atoms with E-state index < -0.39 is 10.0 Å². The Morgan fingerprint density at radius 3 is 2.45 bits per heavy atom. The van der Waals surface area contributed by atoms with Gasteiger partial charge in [0.15, 0.2) is 0 Å². The first kappa shape index (κ1) is 23.8. The van der Waals surface area contributed by atoms with Crippen molar-refractivity contribution in [3.63, 3.8) is 0 Å². The maximum atomic E-state index is 13.7. The fourth-order valence-corrected chi connectivity index (χ4v) is 6.80. The molecule has 176 valence electrons. The van der Waals surface area contributed by atoms with Crippen molar-refractivity contribution in [1.29, 1.82) is 0 Å². The molecule has 0 bridgehead atoms. The van der Waals surface area contributed by atoms with Gasteiger partial charge in [0.2, 0.25) is 0 Å². The predicted molar refractivity (Wildman–Crippen MR) is 137 cm³/mol. The lowest BCUT2D eigenvalue weighted by Crippen LogP contribution is -2.32. The summed E-state index contributed by atoms with van der Waals surface area (Å²) in [6.45, 7) is 4.76. The van der Waals surface area contributed by atoms with E-state index in [1.54, 1.807) is 16.4 Å². The molecule has 0 aromatic heterocycles. The van der Waals surface area contributed by atoms with E-state index in [2.05, 4.69) is 49.4 Å². The van der Waals surface area contributed by atoms with Crippen molar-refractivity contribution in [3.05, 3.63) is 89.1 Å². The van der Waals surface area contributed by atoms with Crippen LogP contribution in [0, 0.1) is 12.8 Å². The van der Waals surface area contributed by atoms with Crippen LogP contribution < -0.4 is 0 Å². The third kappa shape index (κ3) is 5.43. The largest absolute Gasteiger partial charge is 0.266 e. The highest BCUT2D eigenvalue weighted by atomic mass is 32.2. The summed E-state index contributed by atoms with van der Waals surface area (Å²) in [5.41, 5.74) is 4.58. The molecule has 0 saturated heterocycles. The molecule has 0 radical (unpaired) electrons. The van der Waals surface area contributed by atoms with E-state index in [0.29, 0.717) is 17.4 Å². The van der Waals surface area contributed by atoms with E-state index in [1.807, 2.05) is 19.1 Å². The molecule has 4 rings (SSSR count). The maximum absolute atomic E-state index is 13.7. The summed E-state index contributed by atoms with van der Waals surface area (Å²) in [5.74, 6) is 0.774. The van der Waals surface area contributed by atoms with Crippen LogP contribution in [0.2, 0.25) is 0 Å². The molecule has 3 nitrogen and oxygen atoms in total. The lowest BCUT2D eigenvalue weighted by Gasteiger charge is -2.31. The number of allylic oxidation sites excluding steroid dienone is 3. The van der Waals surface area contributed by atoms with Gasteiger partial charge in [-0.2, -0.15) is 0 Å². The minimum absolute atomic E-state index is 0.280. The smallest absolute Gasteiger partial charge is 0.264 e. The number of nitrogens with zero attached hydrogens (tertiary/aromatic N) is 1. The van der Waals surface area contributed by atoms with Gasteiger partial charge in [0, 0.05) is 12.5 Å². The van der Waals surface area contributed by atoms with Gasteiger partial charge in [-0.15, -0.1) is 0 Å². The van der Waals surface area contributed by atoms with Crippen LogP contribution in [0.15, 0.2) is 82.9 Å². The van der Waals surface area contributed by atoms with Gasteiger partial charge >= 0.3 is 0 Å². The van der Waals surface area contributed by atoms with Crippen molar-refractivity contribution in [3.8, 4) is 0 Å². The van der Waals surface area contributed by atoms with Crippen LogP contribution in [-0.4, -0.2) is 19.3 Å². The van der Waals surface area contributed by atoms with Gasteiger partial charge in [-0.3, -0.25) is 4.31 Å². The number of benzene rings is 2. The summed E-state index contributed by atoms with van der Waals surface area (Å²) in [6, 6.07) is 17.9. The Balaban J connectivity index is 1.70. The molecule has 0 amide bonds. The SMILES string of the molecule is CCCCCCC1C=CC2=C(C1)C(c1ccccc1)CCCN2S(=O)(=O)c1ccc(C)cc1. The third-order valence-electron chi connectivity index (χ3n) is 7.12. The van der Waals surface area contributed by atoms with Crippen molar-refractivity contribution in [2.45, 2.75) is 76.0 Å². The quantitative estimate of drug-likeness (QED) is 0.383. The van der Waals surface area contributed by atoms with Crippen molar-refractivity contribution in [2.75, 3.05) is 6.54 Å². The molecule has 4 heteroatoms. The molecule has 0 fully saturated rings. The fraction of sp³-hybridized carbons (Fsp3) is 0.448. The molecule has 2 aromatic carbocycles. The average molecular weight is 464 g/mol. The van der Waals surface area contributed by atoms with Crippen LogP contribution in [0.5, 0.6) is 0 Å². The molecule has 1 aliphatic carbocycles. The first-order chi connectivity index (χ1) is 16.0. The maximum Gasteiger partial charge on any atom is 0.264 e. The van der Waals surface area contributed by atoms with E-state index in [4.69, 9.17) is 0 Å². The molecular formula is C29H37NO2S. The summed E-state index contributed by atoms with van der Waals surface area (Å²) in [6.07, 6.45) is 13.4. The zero-order chi connectivity index (χ0) is 23.3. The van der Waals surface area contributed by atoms with Gasteiger partial charge in [-0.1, -0.05) is 86.7 Å². The molecule has 2 unspecified atom stereocenters. The lowest BCUT2D eigenvalue weighted by atomic mass is 9.78. The van der Waals surface area contributed by atoms with E-state index in [0.717, 1.165) is 30.5 Å². The Morgan fingerprint density at radius 1 is 0.970 bits per heavy atom. The van der Waals surface area contributed by atoms with E-state index in [9.17, 15) is 8.42 Å². The van der Waals surface area contributed by atoms with Crippen molar-refractivity contribution < 1.29 is 8.42 Å². The van der Waals surface area contributed by atoms with Crippen LogP contribution in [0.1, 0.15) is 75.3 Å². The number of unbranched alkanes of at least 4 members (excludes halogenated alkanes) is 3. The Hall–Kier alpha value is -2.33. The van der Waals surface area contributed by atoms with Crippen molar-refractivity contribution in [1.82, 2.24) is 4.31 Å². The first-order valence-electron chi connectivity index (χ1n) is 12.6. The standard InChI is InChI=1S/C29H37NO2S/c1-3-4-5-7-11-24-17-20-29-28(22-24)27(25-12-8-6-9-13-25)14-10-21-30(29)33(31,32)26-18-15-23(2)16-19-26/h6,8-9,12-13,15-20,24,27H,3-5,7,10-11,14,21-22H2,1-2H3. The van der Waals surface area contributed by atoms with Gasteiger partial charge in [-0.25, -0.2) is 8.42 Å². The van der Waals surface area contributed by atoms with E-state index in [1.165, 1.54) is 43.2 Å². The van der Waals surface area contributed by atoms with Crippen LogP contribution in [0.3, 0.4) is 0 Å². The van der Waals surface area contributed by atoms with Gasteiger partial charge in [0.05, 0.1) is 10.6 Å². The zero-order valence-electron chi connectivity index (χ0n) is 20.0. The van der Waals surface area contributed by atoms with Crippen LogP contribution >= 0.6 is 0 Å². The zero-order valence-corrected chi connectivity index (χ0v) is 20.9. The highest BCUT2D eigenvalue weighted by Gasteiger charge is 2.34. The van der Waals surface area contributed by atoms with Crippen molar-refractivity contribution >= 4 is 10.0 Å². The Bertz CT molecular complexity index is 1080. The summed E-state index contributed by atoms with van der Waals surface area (Å²) < 4.78 is 29.2. The molecule has 1 heterocycles. The van der Waals surface area contributed by atoms with Crippen LogP contribution in [-0.2, 0) is 10.0 Å². The molecule has 0 N–H and O–H groups in total. The average Bonchev–Trinajstić information content (AvgIpc) is 3.02. The van der Waals surface area contributed by atoms with Crippen LogP contribution in [0.4, 0.5) is 0 Å². The Morgan fingerprint density at radius 2 is 1.73 bits per heavy atom. The molecule has 33 heavy (non-hydrogen) atoms. The van der Waals surface area contributed by atoms with Gasteiger partial charge in [-0.05, 0) is 67.9 Å². The second kappa shape index (κ2) is 10.7. The van der Waals surface area contributed by atoms with E-state index >= 15 is 0 Å². The van der Waals surface area contributed by atoms with E-state index in [-0.39, 0.29) is 5.92 Å². The summed E-state index contributed by atoms with van der Waals surface area (Å²) in [4.78, 5) is 0.383. The molecule has 0 saturated carbocycles. The third-order valence-corrected chi connectivity index (χ3v) is 8.95. The number of hydrogen-bond donors (Lipinski definition) is 0. The summed E-state index contributed by atoms with van der Waals surface area (Å²) in [7, 11) is -3.60. The highest BCUT2D eigenvalue weighted by Crippen LogP contribution is 2.43. The highest BCUT2D eigenvalue weighted by molar-refractivity contribution is 7.89. The second-order valence-electron chi connectivity index (χ2n) is 9.58. The minimum Gasteiger partial charge on any atom is -0.266 e. The number of sulfonamides is 1. The predicted octanol–water partition coefficient (Wildman–Crippen LogP) is 7.36. The van der Waals surface area contributed by atoms with Gasteiger partial charge in [0.25, 0.3) is 10.0 Å². The first-order valence-corrected chi connectivity index (χ1v) is 14.0. The molecule has 2 aromatic rings. The van der Waals surface area contributed by atoms with Gasteiger partial charge < -0.3 is 0 Å². The lowest BCUT2D eigenvalue weighted by molar-refractivity contribution is 0.469. The molecular weight excluding hydrogens is 426 g/mol. The van der Waals surface area contributed by atoms with Gasteiger partial charge in [0.1, 0.15) is 0 Å². The molecule has 1 aliphatic heterocycles. The molecule has 2 aliphatic rings. The fourth-order valence-electron chi connectivity index (χ4n) is 5.26. The number of rotatable bonds is 8. The Labute approximate surface area is 200 Å². The monoisotopic (exact) mass is 463 g/mol. The topological polar surface area (TPSA) is 37.4 Å². The molecule has 0 spiro atoms. The Kier molecular flexibility index (Phi) is 7.75.